The first-order chi connectivity index (χ1) is 9.85. The van der Waals surface area contributed by atoms with E-state index >= 15 is 0 Å². The molecule has 2 N–H and O–H groups in total. The molecule has 2 rings (SSSR count). The van der Waals surface area contributed by atoms with Crippen LogP contribution in [-0.2, 0) is 4.79 Å². The first kappa shape index (κ1) is 15.8. The van der Waals surface area contributed by atoms with Crippen molar-refractivity contribution in [3.8, 4) is 0 Å². The molecule has 0 aliphatic heterocycles. The van der Waals surface area contributed by atoms with Crippen LogP contribution in [0.5, 0.6) is 0 Å². The molecule has 3 nitrogen and oxygen atoms in total. The van der Waals surface area contributed by atoms with Crippen molar-refractivity contribution in [2.24, 2.45) is 0 Å². The van der Waals surface area contributed by atoms with Crippen molar-refractivity contribution in [2.75, 3.05) is 0 Å². The molecule has 0 bridgehead atoms. The van der Waals surface area contributed by atoms with Gasteiger partial charge in [-0.1, -0.05) is 49.6 Å². The Kier molecular flexibility index (Phi) is 4.56. The van der Waals surface area contributed by atoms with Gasteiger partial charge in [0.05, 0.1) is 0 Å². The number of benzene rings is 1. The highest BCUT2D eigenvalue weighted by Crippen LogP contribution is 2.38. The van der Waals surface area contributed by atoms with Crippen LogP contribution in [0.3, 0.4) is 0 Å². The maximum absolute atomic E-state index is 13.3. The van der Waals surface area contributed by atoms with Gasteiger partial charge >= 0.3 is 12.1 Å². The normalized spacial score (nSPS) is 20.0. The molecule has 1 aromatic rings. The Morgan fingerprint density at radius 2 is 1.71 bits per heavy atom. The molecule has 1 aliphatic rings. The summed E-state index contributed by atoms with van der Waals surface area (Å²) in [5, 5.41) is 11.8. The number of nitrogens with one attached hydrogen (secondary N) is 1. The van der Waals surface area contributed by atoms with E-state index in [0.29, 0.717) is 12.8 Å². The predicted octanol–water partition coefficient (Wildman–Crippen LogP) is 3.67. The minimum absolute atomic E-state index is 0.0381. The van der Waals surface area contributed by atoms with Crippen LogP contribution in [0.1, 0.15) is 43.7 Å². The molecule has 0 spiro atoms. The molecule has 1 unspecified atom stereocenters. The Morgan fingerprint density at radius 3 is 2.19 bits per heavy atom. The molecule has 0 aromatic heterocycles. The van der Waals surface area contributed by atoms with Crippen molar-refractivity contribution in [2.45, 2.75) is 49.9 Å². The van der Waals surface area contributed by atoms with Crippen molar-refractivity contribution in [3.63, 3.8) is 0 Å². The lowest BCUT2D eigenvalue weighted by Crippen LogP contribution is -2.57. The lowest BCUT2D eigenvalue weighted by molar-refractivity contribution is -0.170. The molecule has 21 heavy (non-hydrogen) atoms. The van der Waals surface area contributed by atoms with Gasteiger partial charge in [0.25, 0.3) is 0 Å². The zero-order valence-corrected chi connectivity index (χ0v) is 11.5. The summed E-state index contributed by atoms with van der Waals surface area (Å²) < 4.78 is 40.0. The first-order valence-corrected chi connectivity index (χ1v) is 6.98. The highest BCUT2D eigenvalue weighted by molar-refractivity contribution is 5.79. The maximum Gasteiger partial charge on any atom is 0.407 e. The van der Waals surface area contributed by atoms with E-state index < -0.39 is 23.7 Å². The van der Waals surface area contributed by atoms with Crippen molar-refractivity contribution in [1.29, 1.82) is 0 Å². The van der Waals surface area contributed by atoms with Crippen molar-refractivity contribution < 1.29 is 23.1 Å². The fourth-order valence-corrected chi connectivity index (χ4v) is 2.85. The highest BCUT2D eigenvalue weighted by atomic mass is 19.4. The molecule has 1 aliphatic carbocycles. The summed E-state index contributed by atoms with van der Waals surface area (Å²) in [7, 11) is 0. The van der Waals surface area contributed by atoms with E-state index in [1.165, 1.54) is 24.3 Å². The lowest BCUT2D eigenvalue weighted by Gasteiger charge is -2.38. The van der Waals surface area contributed by atoms with Crippen molar-refractivity contribution in [3.05, 3.63) is 35.9 Å². The number of hydrogen-bond acceptors (Lipinski definition) is 2. The van der Waals surface area contributed by atoms with E-state index in [1.807, 2.05) is 0 Å². The fourth-order valence-electron chi connectivity index (χ4n) is 2.85. The summed E-state index contributed by atoms with van der Waals surface area (Å²) in [6, 6.07) is 5.43. The Labute approximate surface area is 121 Å². The second-order valence-electron chi connectivity index (χ2n) is 5.48. The largest absolute Gasteiger partial charge is 0.480 e. The third-order valence-electron chi connectivity index (χ3n) is 4.00. The van der Waals surface area contributed by atoms with Gasteiger partial charge in [-0.15, -0.1) is 0 Å². The molecular formula is C15H18F3NO2. The van der Waals surface area contributed by atoms with Gasteiger partial charge in [0.2, 0.25) is 0 Å². The molecule has 1 aromatic carbocycles. The third-order valence-corrected chi connectivity index (χ3v) is 4.00. The standard InChI is InChI=1S/C15H18F3NO2/c16-15(17,18)12(11-7-3-1-4-8-11)19-14(13(20)21)9-5-2-6-10-14/h1,3-4,7-8,12,19H,2,5-6,9-10H2,(H,20,21). The number of alkyl halides is 3. The van der Waals surface area contributed by atoms with Gasteiger partial charge in [-0.25, -0.2) is 0 Å². The zero-order valence-electron chi connectivity index (χ0n) is 11.5. The van der Waals surface area contributed by atoms with E-state index in [2.05, 4.69) is 5.32 Å². The Hall–Kier alpha value is -1.56. The number of carboxylic acids is 1. The third kappa shape index (κ3) is 3.56. The zero-order chi connectivity index (χ0) is 15.5. The average Bonchev–Trinajstić information content (AvgIpc) is 2.45. The fraction of sp³-hybridized carbons (Fsp3) is 0.533. The Morgan fingerprint density at radius 1 is 1.14 bits per heavy atom. The van der Waals surface area contributed by atoms with Gasteiger partial charge in [-0.05, 0) is 18.4 Å². The minimum Gasteiger partial charge on any atom is -0.480 e. The molecule has 6 heteroatoms. The monoisotopic (exact) mass is 301 g/mol. The number of halogens is 3. The van der Waals surface area contributed by atoms with Crippen LogP contribution in [0.2, 0.25) is 0 Å². The van der Waals surface area contributed by atoms with Gasteiger partial charge < -0.3 is 5.11 Å². The molecule has 1 saturated carbocycles. The summed E-state index contributed by atoms with van der Waals surface area (Å²) in [4.78, 5) is 11.5. The lowest BCUT2D eigenvalue weighted by atomic mass is 9.80. The van der Waals surface area contributed by atoms with Crippen molar-refractivity contribution in [1.82, 2.24) is 5.32 Å². The summed E-state index contributed by atoms with van der Waals surface area (Å²) in [6.45, 7) is 0. The van der Waals surface area contributed by atoms with E-state index in [0.717, 1.165) is 6.42 Å². The molecule has 0 saturated heterocycles. The number of carbonyl (C=O) groups is 1. The van der Waals surface area contributed by atoms with E-state index in [4.69, 9.17) is 0 Å². The van der Waals surface area contributed by atoms with Gasteiger partial charge in [0.15, 0.2) is 0 Å². The molecule has 0 radical (unpaired) electrons. The Balaban J connectivity index is 2.32. The quantitative estimate of drug-likeness (QED) is 0.892. The summed E-state index contributed by atoms with van der Waals surface area (Å²) in [5.41, 5.74) is -1.45. The second-order valence-corrected chi connectivity index (χ2v) is 5.48. The highest BCUT2D eigenvalue weighted by Gasteiger charge is 2.49. The molecule has 116 valence electrons. The average molecular weight is 301 g/mol. The van der Waals surface area contributed by atoms with E-state index in [1.54, 1.807) is 6.07 Å². The molecule has 1 fully saturated rings. The van der Waals surface area contributed by atoms with Crippen LogP contribution in [0, 0.1) is 0 Å². The van der Waals surface area contributed by atoms with E-state index in [-0.39, 0.29) is 18.4 Å². The first-order valence-electron chi connectivity index (χ1n) is 6.98. The molecule has 0 heterocycles. The summed E-state index contributed by atoms with van der Waals surface area (Å²) >= 11 is 0. The van der Waals surface area contributed by atoms with Crippen LogP contribution in [0.15, 0.2) is 30.3 Å². The van der Waals surface area contributed by atoms with Gasteiger partial charge in [0.1, 0.15) is 11.6 Å². The number of rotatable bonds is 4. The number of aliphatic carboxylic acids is 1. The molecular weight excluding hydrogens is 283 g/mol. The topological polar surface area (TPSA) is 49.3 Å². The second kappa shape index (κ2) is 6.05. The minimum atomic E-state index is -4.54. The van der Waals surface area contributed by atoms with Crippen LogP contribution >= 0.6 is 0 Å². The smallest absolute Gasteiger partial charge is 0.407 e. The summed E-state index contributed by atoms with van der Waals surface area (Å²) in [6.07, 6.45) is -1.99. The SMILES string of the molecule is O=C(O)C1(NC(c2ccccc2)C(F)(F)F)CCCCC1. The molecule has 0 amide bonds. The van der Waals surface area contributed by atoms with Crippen LogP contribution in [-0.4, -0.2) is 22.8 Å². The van der Waals surface area contributed by atoms with Gasteiger partial charge in [-0.2, -0.15) is 13.2 Å². The number of hydrogen-bond donors (Lipinski definition) is 2. The van der Waals surface area contributed by atoms with Gasteiger partial charge in [-0.3, -0.25) is 10.1 Å². The molecule has 1 atom stereocenters. The summed E-state index contributed by atoms with van der Waals surface area (Å²) in [5.74, 6) is -1.20. The maximum atomic E-state index is 13.3. The van der Waals surface area contributed by atoms with Gasteiger partial charge in [0, 0.05) is 0 Å². The van der Waals surface area contributed by atoms with Crippen molar-refractivity contribution >= 4 is 5.97 Å². The van der Waals surface area contributed by atoms with Crippen LogP contribution < -0.4 is 5.32 Å². The predicted molar refractivity (Wildman–Crippen MR) is 71.8 cm³/mol. The Bertz CT molecular complexity index is 481. The van der Waals surface area contributed by atoms with Crippen LogP contribution in [0.4, 0.5) is 13.2 Å². The van der Waals surface area contributed by atoms with Crippen LogP contribution in [0.25, 0.3) is 0 Å². The van der Waals surface area contributed by atoms with E-state index in [9.17, 15) is 23.1 Å². The number of carboxylic acid groups (broad SMARTS) is 1.